The normalized spacial score (nSPS) is 24.1. The minimum atomic E-state index is 0. The molecule has 0 saturated carbocycles. The Hall–Kier alpha value is -0.930. The van der Waals surface area contributed by atoms with E-state index in [4.69, 9.17) is 4.74 Å². The second-order valence-corrected chi connectivity index (χ2v) is 6.14. The Labute approximate surface area is 161 Å². The van der Waals surface area contributed by atoms with Crippen molar-refractivity contribution in [3.63, 3.8) is 0 Å². The Kier molecular flexibility index (Phi) is 8.20. The number of hydrogen-bond donors (Lipinski definition) is 2. The van der Waals surface area contributed by atoms with Crippen LogP contribution in [0, 0.1) is 0 Å². The van der Waals surface area contributed by atoms with E-state index in [9.17, 15) is 0 Å². The van der Waals surface area contributed by atoms with Gasteiger partial charge in [0.1, 0.15) is 0 Å². The van der Waals surface area contributed by atoms with Gasteiger partial charge in [-0.25, -0.2) is 4.99 Å². The van der Waals surface area contributed by atoms with Crippen molar-refractivity contribution < 1.29 is 4.74 Å². The fourth-order valence-corrected chi connectivity index (χ4v) is 3.21. The van der Waals surface area contributed by atoms with Gasteiger partial charge in [0.05, 0.1) is 24.9 Å². The monoisotopic (exact) mass is 445 g/mol. The molecule has 24 heavy (non-hydrogen) atoms. The summed E-state index contributed by atoms with van der Waals surface area (Å²) in [5.74, 6) is 0.824. The minimum Gasteiger partial charge on any atom is -0.373 e. The average molecular weight is 445 g/mol. The fraction of sp³-hybridized carbons (Fsp3) is 0.647. The summed E-state index contributed by atoms with van der Waals surface area (Å²) in [7, 11) is 0. The molecule has 0 radical (unpaired) electrons. The van der Waals surface area contributed by atoms with Crippen LogP contribution in [0.25, 0.3) is 0 Å². The molecule has 2 aliphatic heterocycles. The van der Waals surface area contributed by atoms with Gasteiger partial charge < -0.3 is 15.4 Å². The molecule has 2 saturated heterocycles. The number of guanidine groups is 1. The van der Waals surface area contributed by atoms with E-state index in [2.05, 4.69) is 32.4 Å². The van der Waals surface area contributed by atoms with Gasteiger partial charge in [-0.2, -0.15) is 0 Å². The van der Waals surface area contributed by atoms with Crippen molar-refractivity contribution in [1.29, 1.82) is 0 Å². The number of ether oxygens (including phenoxy) is 1. The number of hydrogen-bond acceptors (Lipinski definition) is 4. The Morgan fingerprint density at radius 1 is 1.42 bits per heavy atom. The third-order valence-corrected chi connectivity index (χ3v) is 4.43. The smallest absolute Gasteiger partial charge is 0.191 e. The summed E-state index contributed by atoms with van der Waals surface area (Å²) in [6.07, 6.45) is 4.63. The number of fused-ring (bicyclic) bond motifs is 1. The highest BCUT2D eigenvalue weighted by molar-refractivity contribution is 14.0. The average Bonchev–Trinajstić information content (AvgIpc) is 3.06. The number of aromatic nitrogens is 1. The zero-order chi connectivity index (χ0) is 15.9. The van der Waals surface area contributed by atoms with Crippen LogP contribution in [0.15, 0.2) is 29.4 Å². The summed E-state index contributed by atoms with van der Waals surface area (Å²) in [5, 5.41) is 6.68. The van der Waals surface area contributed by atoms with E-state index in [0.717, 1.165) is 37.9 Å². The van der Waals surface area contributed by atoms with Crippen LogP contribution in [0.1, 0.15) is 25.5 Å². The first-order valence-electron chi connectivity index (χ1n) is 8.63. The molecule has 0 spiro atoms. The summed E-state index contributed by atoms with van der Waals surface area (Å²) in [6, 6.07) is 6.55. The maximum absolute atomic E-state index is 5.98. The summed E-state index contributed by atoms with van der Waals surface area (Å²) in [5.41, 5.74) is 0.971. The van der Waals surface area contributed by atoms with Gasteiger partial charge in [0.15, 0.2) is 5.96 Å². The lowest BCUT2D eigenvalue weighted by Crippen LogP contribution is -2.51. The molecule has 3 heterocycles. The maximum atomic E-state index is 5.98. The van der Waals surface area contributed by atoms with Crippen LogP contribution in [0.3, 0.4) is 0 Å². The third kappa shape index (κ3) is 5.56. The van der Waals surface area contributed by atoms with Crippen LogP contribution in [-0.4, -0.2) is 60.8 Å². The second-order valence-electron chi connectivity index (χ2n) is 6.14. The van der Waals surface area contributed by atoms with Gasteiger partial charge in [-0.1, -0.05) is 6.07 Å². The predicted molar refractivity (Wildman–Crippen MR) is 107 cm³/mol. The lowest BCUT2D eigenvalue weighted by Gasteiger charge is -2.35. The standard InChI is InChI=1S/C17H27N5O.HI/c1-2-18-17(20-10-14-6-3-4-8-19-14)21-11-16-12-22-9-5-7-15(22)13-23-16;/h3-4,6,8,15-16H,2,5,7,9-13H2,1H3,(H2,18,20,21);1H. The highest BCUT2D eigenvalue weighted by Gasteiger charge is 2.32. The number of halogens is 1. The third-order valence-electron chi connectivity index (χ3n) is 4.43. The van der Waals surface area contributed by atoms with Crippen LogP contribution in [0.2, 0.25) is 0 Å². The Morgan fingerprint density at radius 3 is 3.12 bits per heavy atom. The van der Waals surface area contributed by atoms with E-state index >= 15 is 0 Å². The Balaban J connectivity index is 0.00000208. The largest absolute Gasteiger partial charge is 0.373 e. The Morgan fingerprint density at radius 2 is 2.33 bits per heavy atom. The van der Waals surface area contributed by atoms with Crippen molar-refractivity contribution >= 4 is 29.9 Å². The summed E-state index contributed by atoms with van der Waals surface area (Å²) >= 11 is 0. The summed E-state index contributed by atoms with van der Waals surface area (Å²) in [4.78, 5) is 11.5. The molecule has 3 rings (SSSR count). The molecule has 2 unspecified atom stereocenters. The van der Waals surface area contributed by atoms with Gasteiger partial charge in [0, 0.05) is 31.9 Å². The molecule has 134 valence electrons. The van der Waals surface area contributed by atoms with Crippen molar-refractivity contribution in [2.75, 3.05) is 32.8 Å². The van der Waals surface area contributed by atoms with Gasteiger partial charge in [-0.05, 0) is 38.4 Å². The number of pyridine rings is 1. The minimum absolute atomic E-state index is 0. The summed E-state index contributed by atoms with van der Waals surface area (Å²) in [6.45, 7) is 7.40. The van der Waals surface area contributed by atoms with Crippen LogP contribution in [-0.2, 0) is 11.3 Å². The molecule has 6 nitrogen and oxygen atoms in total. The topological polar surface area (TPSA) is 61.8 Å². The van der Waals surface area contributed by atoms with E-state index in [1.54, 1.807) is 6.20 Å². The van der Waals surface area contributed by atoms with Crippen LogP contribution in [0.4, 0.5) is 0 Å². The molecular weight excluding hydrogens is 417 g/mol. The van der Waals surface area contributed by atoms with Crippen LogP contribution < -0.4 is 10.6 Å². The van der Waals surface area contributed by atoms with Gasteiger partial charge in [0.2, 0.25) is 0 Å². The fourth-order valence-electron chi connectivity index (χ4n) is 3.21. The number of nitrogens with zero attached hydrogens (tertiary/aromatic N) is 3. The predicted octanol–water partition coefficient (Wildman–Crippen LogP) is 1.62. The second kappa shape index (κ2) is 10.1. The quantitative estimate of drug-likeness (QED) is 0.410. The van der Waals surface area contributed by atoms with Crippen LogP contribution >= 0.6 is 24.0 Å². The van der Waals surface area contributed by atoms with Crippen molar-refractivity contribution in [2.45, 2.75) is 38.5 Å². The first kappa shape index (κ1) is 19.4. The molecular formula is C17H28IN5O. The molecule has 2 fully saturated rings. The molecule has 0 aliphatic carbocycles. The molecule has 2 atom stereocenters. The van der Waals surface area contributed by atoms with E-state index in [0.29, 0.717) is 12.6 Å². The molecule has 0 aromatic carbocycles. The number of morpholine rings is 1. The molecule has 1 aromatic rings. The van der Waals surface area contributed by atoms with Gasteiger partial charge in [-0.15, -0.1) is 24.0 Å². The molecule has 2 aliphatic rings. The molecule has 2 N–H and O–H groups in total. The van der Waals surface area contributed by atoms with Crippen molar-refractivity contribution in [2.24, 2.45) is 4.99 Å². The number of aliphatic imine (C=N–C) groups is 1. The van der Waals surface area contributed by atoms with Gasteiger partial charge in [-0.3, -0.25) is 9.88 Å². The molecule has 0 amide bonds. The van der Waals surface area contributed by atoms with Crippen molar-refractivity contribution in [3.05, 3.63) is 30.1 Å². The van der Waals surface area contributed by atoms with Crippen LogP contribution in [0.5, 0.6) is 0 Å². The van der Waals surface area contributed by atoms with E-state index in [-0.39, 0.29) is 30.1 Å². The van der Waals surface area contributed by atoms with Crippen molar-refractivity contribution in [3.8, 4) is 0 Å². The van der Waals surface area contributed by atoms with Gasteiger partial charge >= 0.3 is 0 Å². The number of rotatable bonds is 5. The number of nitrogens with one attached hydrogen (secondary N) is 2. The van der Waals surface area contributed by atoms with E-state index < -0.39 is 0 Å². The Bertz CT molecular complexity index is 513. The highest BCUT2D eigenvalue weighted by Crippen LogP contribution is 2.22. The highest BCUT2D eigenvalue weighted by atomic mass is 127. The van der Waals surface area contributed by atoms with E-state index in [1.807, 2.05) is 18.2 Å². The first-order valence-corrected chi connectivity index (χ1v) is 8.63. The molecule has 0 bridgehead atoms. The zero-order valence-electron chi connectivity index (χ0n) is 14.3. The lowest BCUT2D eigenvalue weighted by molar-refractivity contribution is -0.0453. The maximum Gasteiger partial charge on any atom is 0.191 e. The molecule has 1 aromatic heterocycles. The lowest BCUT2D eigenvalue weighted by atomic mass is 10.2. The van der Waals surface area contributed by atoms with Gasteiger partial charge in [0.25, 0.3) is 0 Å². The van der Waals surface area contributed by atoms with E-state index in [1.165, 1.54) is 19.4 Å². The SMILES string of the molecule is CCNC(=NCc1ccccn1)NCC1CN2CCCC2CO1.I. The summed E-state index contributed by atoms with van der Waals surface area (Å²) < 4.78 is 5.98. The zero-order valence-corrected chi connectivity index (χ0v) is 16.6. The van der Waals surface area contributed by atoms with Crippen molar-refractivity contribution in [1.82, 2.24) is 20.5 Å². The first-order chi connectivity index (χ1) is 11.3. The molecule has 7 heteroatoms.